The van der Waals surface area contributed by atoms with E-state index in [-0.39, 0.29) is 6.61 Å². The van der Waals surface area contributed by atoms with Crippen molar-refractivity contribution in [1.29, 1.82) is 0 Å². The Balaban J connectivity index is 2.29. The van der Waals surface area contributed by atoms with Crippen molar-refractivity contribution in [3.63, 3.8) is 0 Å². The van der Waals surface area contributed by atoms with Gasteiger partial charge in [0.15, 0.2) is 11.5 Å². The highest BCUT2D eigenvalue weighted by molar-refractivity contribution is 5.39. The van der Waals surface area contributed by atoms with Gasteiger partial charge in [-0.2, -0.15) is 0 Å². The van der Waals surface area contributed by atoms with Crippen molar-refractivity contribution in [3.05, 3.63) is 24.3 Å². The molecule has 0 fully saturated rings. The maximum absolute atomic E-state index is 9.05. The van der Waals surface area contributed by atoms with Crippen molar-refractivity contribution < 1.29 is 14.6 Å². The minimum absolute atomic E-state index is 0.0149. The second-order valence-corrected chi connectivity index (χ2v) is 5.00. The Morgan fingerprint density at radius 3 is 2.37 bits per heavy atom. The normalized spacial score (nSPS) is 13.9. The fourth-order valence-electron chi connectivity index (χ4n) is 1.74. The van der Waals surface area contributed by atoms with Crippen LogP contribution in [-0.2, 0) is 0 Å². The lowest BCUT2D eigenvalue weighted by Gasteiger charge is -2.21. The molecular formula is C15H25NO3. The van der Waals surface area contributed by atoms with Crippen molar-refractivity contribution in [2.75, 3.05) is 19.8 Å². The Bertz CT molecular complexity index is 366. The largest absolute Gasteiger partial charge is 0.490 e. The second-order valence-electron chi connectivity index (χ2n) is 5.00. The molecule has 4 nitrogen and oxygen atoms in total. The molecule has 108 valence electrons. The van der Waals surface area contributed by atoms with E-state index in [0.29, 0.717) is 13.2 Å². The van der Waals surface area contributed by atoms with Crippen molar-refractivity contribution in [2.45, 2.75) is 38.6 Å². The van der Waals surface area contributed by atoms with Gasteiger partial charge in [0.1, 0.15) is 0 Å². The van der Waals surface area contributed by atoms with Crippen LogP contribution in [0.25, 0.3) is 0 Å². The molecule has 0 aliphatic heterocycles. The summed E-state index contributed by atoms with van der Waals surface area (Å²) < 4.78 is 11.2. The molecule has 0 saturated heterocycles. The van der Waals surface area contributed by atoms with Crippen molar-refractivity contribution in [2.24, 2.45) is 5.73 Å². The van der Waals surface area contributed by atoms with Gasteiger partial charge in [-0.1, -0.05) is 12.1 Å². The molecule has 0 spiro atoms. The summed E-state index contributed by atoms with van der Waals surface area (Å²) in [6, 6.07) is 7.67. The monoisotopic (exact) mass is 267 g/mol. The fraction of sp³-hybridized carbons (Fsp3) is 0.600. The first-order valence-electron chi connectivity index (χ1n) is 6.83. The fourth-order valence-corrected chi connectivity index (χ4v) is 1.74. The summed E-state index contributed by atoms with van der Waals surface area (Å²) in [7, 11) is 0. The summed E-state index contributed by atoms with van der Waals surface area (Å²) in [5.41, 5.74) is 5.38. The molecule has 0 bridgehead atoms. The van der Waals surface area contributed by atoms with E-state index >= 15 is 0 Å². The molecule has 1 aromatic carbocycles. The van der Waals surface area contributed by atoms with Gasteiger partial charge in [-0.15, -0.1) is 0 Å². The first-order valence-corrected chi connectivity index (χ1v) is 6.83. The van der Waals surface area contributed by atoms with E-state index in [0.717, 1.165) is 30.8 Å². The molecule has 19 heavy (non-hydrogen) atoms. The van der Waals surface area contributed by atoms with Gasteiger partial charge in [-0.3, -0.25) is 0 Å². The predicted octanol–water partition coefficient (Wildman–Crippen LogP) is 2.34. The maximum Gasteiger partial charge on any atom is 0.161 e. The Kier molecular flexibility index (Phi) is 6.67. The molecule has 1 atom stereocenters. The topological polar surface area (TPSA) is 64.7 Å². The molecule has 3 N–H and O–H groups in total. The van der Waals surface area contributed by atoms with E-state index < -0.39 is 5.54 Å². The number of unbranched alkanes of at least 4 members (excludes halogenated alkanes) is 1. The lowest BCUT2D eigenvalue weighted by molar-refractivity contribution is 0.193. The van der Waals surface area contributed by atoms with Crippen molar-refractivity contribution >= 4 is 0 Å². The summed E-state index contributed by atoms with van der Waals surface area (Å²) in [6.07, 6.45) is 2.64. The molecular weight excluding hydrogens is 242 g/mol. The van der Waals surface area contributed by atoms with Gasteiger partial charge in [-0.25, -0.2) is 0 Å². The quantitative estimate of drug-likeness (QED) is 0.674. The molecule has 0 amide bonds. The lowest BCUT2D eigenvalue weighted by Crippen LogP contribution is -2.39. The third-order valence-electron chi connectivity index (χ3n) is 2.91. The predicted molar refractivity (Wildman–Crippen MR) is 76.6 cm³/mol. The summed E-state index contributed by atoms with van der Waals surface area (Å²) in [6.45, 7) is 5.08. The highest BCUT2D eigenvalue weighted by Crippen LogP contribution is 2.26. The molecule has 1 unspecified atom stereocenters. The zero-order valence-corrected chi connectivity index (χ0v) is 11.9. The minimum atomic E-state index is -0.483. The number of aliphatic hydroxyl groups excluding tert-OH is 1. The molecule has 1 aromatic rings. The summed E-state index contributed by atoms with van der Waals surface area (Å²) in [5, 5.41) is 9.05. The van der Waals surface area contributed by atoms with Crippen LogP contribution < -0.4 is 15.2 Å². The summed E-state index contributed by atoms with van der Waals surface area (Å²) in [4.78, 5) is 0. The average molecular weight is 267 g/mol. The van der Waals surface area contributed by atoms with Crippen LogP contribution in [0.4, 0.5) is 0 Å². The highest BCUT2D eigenvalue weighted by Gasteiger charge is 2.15. The van der Waals surface area contributed by atoms with E-state index in [4.69, 9.17) is 20.3 Å². The SMILES string of the molecule is CCOc1ccccc1OCCCCC(C)(N)CO. The average Bonchev–Trinajstić information content (AvgIpc) is 2.40. The van der Waals surface area contributed by atoms with Gasteiger partial charge in [0.2, 0.25) is 0 Å². The number of ether oxygens (including phenoxy) is 2. The van der Waals surface area contributed by atoms with Gasteiger partial charge < -0.3 is 20.3 Å². The highest BCUT2D eigenvalue weighted by atomic mass is 16.5. The standard InChI is InChI=1S/C15H25NO3/c1-3-18-13-8-4-5-9-14(13)19-11-7-6-10-15(2,16)12-17/h4-5,8-9,17H,3,6-7,10-12,16H2,1-2H3. The number of rotatable bonds is 9. The number of hydrogen-bond donors (Lipinski definition) is 2. The smallest absolute Gasteiger partial charge is 0.161 e. The first kappa shape index (κ1) is 15.8. The van der Waals surface area contributed by atoms with E-state index in [9.17, 15) is 0 Å². The molecule has 0 aliphatic rings. The number of aliphatic hydroxyl groups is 1. The first-order chi connectivity index (χ1) is 9.09. The number of hydrogen-bond acceptors (Lipinski definition) is 4. The summed E-state index contributed by atoms with van der Waals surface area (Å²) in [5.74, 6) is 1.56. The van der Waals surface area contributed by atoms with Gasteiger partial charge in [0.05, 0.1) is 19.8 Å². The van der Waals surface area contributed by atoms with Gasteiger partial charge in [0, 0.05) is 5.54 Å². The van der Waals surface area contributed by atoms with Crippen LogP contribution >= 0.6 is 0 Å². The Labute approximate surface area is 115 Å². The van der Waals surface area contributed by atoms with E-state index in [1.165, 1.54) is 0 Å². The molecule has 1 rings (SSSR count). The molecule has 0 radical (unpaired) electrons. The maximum atomic E-state index is 9.05. The van der Waals surface area contributed by atoms with E-state index in [2.05, 4.69) is 0 Å². The summed E-state index contributed by atoms with van der Waals surface area (Å²) >= 11 is 0. The lowest BCUT2D eigenvalue weighted by atomic mass is 9.97. The van der Waals surface area contributed by atoms with Gasteiger partial charge in [-0.05, 0) is 45.2 Å². The number of nitrogens with two attached hydrogens (primary N) is 1. The number of para-hydroxylation sites is 2. The van der Waals surface area contributed by atoms with Crippen LogP contribution in [-0.4, -0.2) is 30.5 Å². The van der Waals surface area contributed by atoms with Crippen LogP contribution in [0, 0.1) is 0 Å². The van der Waals surface area contributed by atoms with E-state index in [1.54, 1.807) is 0 Å². The Morgan fingerprint density at radius 2 is 1.79 bits per heavy atom. The molecule has 0 aliphatic carbocycles. The van der Waals surface area contributed by atoms with Crippen LogP contribution in [0.5, 0.6) is 11.5 Å². The Morgan fingerprint density at radius 1 is 1.16 bits per heavy atom. The molecule has 0 aromatic heterocycles. The number of benzene rings is 1. The van der Waals surface area contributed by atoms with Crippen molar-refractivity contribution in [3.8, 4) is 11.5 Å². The van der Waals surface area contributed by atoms with Gasteiger partial charge >= 0.3 is 0 Å². The second kappa shape index (κ2) is 8.02. The Hall–Kier alpha value is -1.26. The van der Waals surface area contributed by atoms with Crippen LogP contribution in [0.2, 0.25) is 0 Å². The molecule has 4 heteroatoms. The van der Waals surface area contributed by atoms with Crippen molar-refractivity contribution in [1.82, 2.24) is 0 Å². The minimum Gasteiger partial charge on any atom is -0.490 e. The third kappa shape index (κ3) is 5.94. The van der Waals surface area contributed by atoms with Gasteiger partial charge in [0.25, 0.3) is 0 Å². The van der Waals surface area contributed by atoms with Crippen LogP contribution in [0.1, 0.15) is 33.1 Å². The third-order valence-corrected chi connectivity index (χ3v) is 2.91. The zero-order chi connectivity index (χ0) is 14.1. The molecule has 0 saturated carbocycles. The van der Waals surface area contributed by atoms with Crippen LogP contribution in [0.3, 0.4) is 0 Å². The van der Waals surface area contributed by atoms with Crippen LogP contribution in [0.15, 0.2) is 24.3 Å². The zero-order valence-electron chi connectivity index (χ0n) is 11.9. The molecule has 0 heterocycles. The van der Waals surface area contributed by atoms with E-state index in [1.807, 2.05) is 38.1 Å².